The largest absolute Gasteiger partial charge is 0.477 e. The number of aliphatic carboxylic acids is 1. The number of H-pyrrole nitrogens is 2. The highest BCUT2D eigenvalue weighted by Crippen LogP contribution is 1.91. The molecule has 1 heterocycles. The lowest BCUT2D eigenvalue weighted by molar-refractivity contribution is -0.133. The predicted octanol–water partition coefficient (Wildman–Crippen LogP) is -1.55. The normalized spacial score (nSPS) is 9.33. The van der Waals surface area contributed by atoms with Crippen molar-refractivity contribution in [3.63, 3.8) is 0 Å². The third-order valence-electron chi connectivity index (χ3n) is 1.65. The molecule has 0 atom stereocenters. The second kappa shape index (κ2) is 5.63. The molecular formula is C8H9N5O4S. The summed E-state index contributed by atoms with van der Waals surface area (Å²) in [5.74, 6) is -1.26. The van der Waals surface area contributed by atoms with Gasteiger partial charge >= 0.3 is 11.7 Å². The lowest BCUT2D eigenvalue weighted by Gasteiger charge is -2.11. The van der Waals surface area contributed by atoms with Gasteiger partial charge in [0.05, 0.1) is 0 Å². The molecule has 1 aromatic rings. The number of carboxylic acids is 1. The average molecular weight is 271 g/mol. The number of thiocarbonyl (C=S) groups is 1. The second-order valence-electron chi connectivity index (χ2n) is 2.97. The monoisotopic (exact) mass is 271 g/mol. The van der Waals surface area contributed by atoms with Crippen LogP contribution < -0.4 is 27.4 Å². The van der Waals surface area contributed by atoms with Crippen LogP contribution in [0, 0.1) is 0 Å². The number of hydrogen-bond donors (Lipinski definition) is 6. The van der Waals surface area contributed by atoms with E-state index in [9.17, 15) is 14.4 Å². The number of nitrogens with one attached hydrogen (secondary N) is 5. The van der Waals surface area contributed by atoms with Crippen molar-refractivity contribution in [3.05, 3.63) is 39.3 Å². The van der Waals surface area contributed by atoms with Gasteiger partial charge in [0.15, 0.2) is 5.11 Å². The van der Waals surface area contributed by atoms with E-state index >= 15 is 0 Å². The highest BCUT2D eigenvalue weighted by molar-refractivity contribution is 7.80. The Bertz CT molecular complexity index is 604. The maximum Gasteiger partial charge on any atom is 0.353 e. The molecule has 0 radical (unpaired) electrons. The maximum absolute atomic E-state index is 11.3. The Morgan fingerprint density at radius 2 is 2.06 bits per heavy atom. The SMILES string of the molecule is C=C(NNC(=S)Nc1c[nH]c(=O)[nH]c1=O)C(=O)O. The van der Waals surface area contributed by atoms with Crippen LogP contribution in [0.25, 0.3) is 0 Å². The number of carboxylic acid groups (broad SMARTS) is 1. The molecule has 0 saturated heterocycles. The van der Waals surface area contributed by atoms with Gasteiger partial charge in [0.2, 0.25) is 0 Å². The predicted molar refractivity (Wildman–Crippen MR) is 67.0 cm³/mol. The molecule has 0 fully saturated rings. The summed E-state index contributed by atoms with van der Waals surface area (Å²) >= 11 is 4.77. The van der Waals surface area contributed by atoms with Crippen LogP contribution in [0.5, 0.6) is 0 Å². The molecule has 0 amide bonds. The molecule has 0 aliphatic heterocycles. The minimum atomic E-state index is -1.26. The fourth-order valence-electron chi connectivity index (χ4n) is 0.842. The Hall–Kier alpha value is -2.62. The van der Waals surface area contributed by atoms with Crippen LogP contribution in [0.3, 0.4) is 0 Å². The van der Waals surface area contributed by atoms with E-state index in [1.54, 1.807) is 0 Å². The van der Waals surface area contributed by atoms with Crippen molar-refractivity contribution < 1.29 is 9.90 Å². The van der Waals surface area contributed by atoms with E-state index < -0.39 is 17.2 Å². The van der Waals surface area contributed by atoms with Gasteiger partial charge in [-0.15, -0.1) is 0 Å². The van der Waals surface area contributed by atoms with Crippen LogP contribution in [0.15, 0.2) is 28.1 Å². The Morgan fingerprint density at radius 3 is 2.61 bits per heavy atom. The fourth-order valence-corrected chi connectivity index (χ4v) is 1.00. The summed E-state index contributed by atoms with van der Waals surface area (Å²) in [5, 5.41) is 10.9. The maximum atomic E-state index is 11.3. The zero-order chi connectivity index (χ0) is 13.7. The molecule has 1 rings (SSSR count). The van der Waals surface area contributed by atoms with Crippen molar-refractivity contribution in [2.75, 3.05) is 5.32 Å². The lowest BCUT2D eigenvalue weighted by Crippen LogP contribution is -2.42. The number of rotatable bonds is 4. The highest BCUT2D eigenvalue weighted by atomic mass is 32.1. The van der Waals surface area contributed by atoms with Crippen molar-refractivity contribution in [1.82, 2.24) is 20.8 Å². The first-order chi connectivity index (χ1) is 8.40. The molecule has 0 unspecified atom stereocenters. The van der Waals surface area contributed by atoms with Crippen LogP contribution in [0.4, 0.5) is 5.69 Å². The molecular weight excluding hydrogens is 262 g/mol. The topological polar surface area (TPSA) is 139 Å². The Morgan fingerprint density at radius 1 is 1.39 bits per heavy atom. The average Bonchev–Trinajstić information content (AvgIpc) is 2.29. The molecule has 6 N–H and O–H groups in total. The van der Waals surface area contributed by atoms with Crippen LogP contribution in [-0.2, 0) is 4.79 Å². The van der Waals surface area contributed by atoms with Crippen molar-refractivity contribution in [1.29, 1.82) is 0 Å². The Kier molecular flexibility index (Phi) is 4.21. The van der Waals surface area contributed by atoms with E-state index in [0.717, 1.165) is 6.20 Å². The molecule has 0 aromatic carbocycles. The first-order valence-electron chi connectivity index (χ1n) is 4.47. The van der Waals surface area contributed by atoms with Crippen molar-refractivity contribution in [2.45, 2.75) is 0 Å². The molecule has 10 heteroatoms. The summed E-state index contributed by atoms with van der Waals surface area (Å²) in [6.07, 6.45) is 1.13. The number of aromatic amines is 2. The second-order valence-corrected chi connectivity index (χ2v) is 3.38. The van der Waals surface area contributed by atoms with Gasteiger partial charge in [0.25, 0.3) is 5.56 Å². The molecule has 0 aliphatic rings. The van der Waals surface area contributed by atoms with E-state index in [4.69, 9.17) is 17.3 Å². The van der Waals surface area contributed by atoms with Crippen LogP contribution >= 0.6 is 12.2 Å². The minimum Gasteiger partial charge on any atom is -0.477 e. The van der Waals surface area contributed by atoms with E-state index in [2.05, 4.69) is 27.7 Å². The zero-order valence-corrected chi connectivity index (χ0v) is 9.68. The number of aromatic nitrogens is 2. The molecule has 9 nitrogen and oxygen atoms in total. The van der Waals surface area contributed by atoms with Gasteiger partial charge in [-0.1, -0.05) is 6.58 Å². The summed E-state index contributed by atoms with van der Waals surface area (Å²) in [5.41, 5.74) is 2.85. The molecule has 0 aliphatic carbocycles. The molecule has 18 heavy (non-hydrogen) atoms. The molecule has 0 spiro atoms. The van der Waals surface area contributed by atoms with Gasteiger partial charge < -0.3 is 15.4 Å². The molecule has 0 saturated carbocycles. The van der Waals surface area contributed by atoms with E-state index in [-0.39, 0.29) is 16.5 Å². The van der Waals surface area contributed by atoms with E-state index in [0.29, 0.717) is 0 Å². The van der Waals surface area contributed by atoms with Crippen molar-refractivity contribution in [3.8, 4) is 0 Å². The molecule has 96 valence electrons. The van der Waals surface area contributed by atoms with Gasteiger partial charge in [-0.05, 0) is 12.2 Å². The zero-order valence-electron chi connectivity index (χ0n) is 8.86. The number of carbonyl (C=O) groups is 1. The third kappa shape index (κ3) is 3.75. The standard InChI is InChI=1S/C8H9N5O4S/c1-3(6(15)16)12-13-8(18)10-4-2-9-7(17)11-5(4)14/h2,12H,1H2,(H,15,16)(H2,10,13,18)(H2,9,11,14,17). The quantitative estimate of drug-likeness (QED) is 0.220. The van der Waals surface area contributed by atoms with Crippen LogP contribution in [0.1, 0.15) is 0 Å². The Labute approximate surface area is 105 Å². The Balaban J connectivity index is 2.60. The van der Waals surface area contributed by atoms with Gasteiger partial charge in [0.1, 0.15) is 11.4 Å². The minimum absolute atomic E-state index is 0.00478. The van der Waals surface area contributed by atoms with Crippen LogP contribution in [-0.4, -0.2) is 26.2 Å². The van der Waals surface area contributed by atoms with Gasteiger partial charge in [0, 0.05) is 6.20 Å². The highest BCUT2D eigenvalue weighted by Gasteiger charge is 2.05. The summed E-state index contributed by atoms with van der Waals surface area (Å²) in [7, 11) is 0. The van der Waals surface area contributed by atoms with E-state index in [1.165, 1.54) is 0 Å². The number of hydrazine groups is 1. The number of anilines is 1. The first kappa shape index (κ1) is 13.4. The first-order valence-corrected chi connectivity index (χ1v) is 4.88. The van der Waals surface area contributed by atoms with Crippen molar-refractivity contribution >= 4 is 29.0 Å². The third-order valence-corrected chi connectivity index (χ3v) is 1.86. The fraction of sp³-hybridized carbons (Fsp3) is 0. The summed E-state index contributed by atoms with van der Waals surface area (Å²) in [4.78, 5) is 36.6. The van der Waals surface area contributed by atoms with Gasteiger partial charge in [-0.3, -0.25) is 20.6 Å². The van der Waals surface area contributed by atoms with Gasteiger partial charge in [-0.2, -0.15) is 0 Å². The van der Waals surface area contributed by atoms with Crippen molar-refractivity contribution in [2.24, 2.45) is 0 Å². The number of hydrogen-bond acceptors (Lipinski definition) is 5. The van der Waals surface area contributed by atoms with Crippen LogP contribution in [0.2, 0.25) is 0 Å². The lowest BCUT2D eigenvalue weighted by atomic mass is 10.5. The smallest absolute Gasteiger partial charge is 0.353 e. The summed E-state index contributed by atoms with van der Waals surface area (Å²) in [6, 6.07) is 0. The summed E-state index contributed by atoms with van der Waals surface area (Å²) < 4.78 is 0. The summed E-state index contributed by atoms with van der Waals surface area (Å²) in [6.45, 7) is 3.19. The molecule has 1 aromatic heterocycles. The van der Waals surface area contributed by atoms with E-state index in [1.807, 2.05) is 4.98 Å². The molecule has 0 bridgehead atoms. The van der Waals surface area contributed by atoms with Gasteiger partial charge in [-0.25, -0.2) is 9.59 Å².